The Kier molecular flexibility index (Phi) is 9.50. The molecule has 0 aliphatic rings. The van der Waals surface area contributed by atoms with Gasteiger partial charge in [-0.2, -0.15) is 0 Å². The summed E-state index contributed by atoms with van der Waals surface area (Å²) in [7, 11) is 0. The minimum absolute atomic E-state index is 0.695. The molecule has 1 amide bonds. The molecular weight excluding hydrogens is 202 g/mol. The SMILES string of the molecule is CC(=O)NC(C(=O)O)C(=O)O.CCCC. The van der Waals surface area contributed by atoms with Crippen LogP contribution in [0.5, 0.6) is 0 Å². The zero-order valence-electron chi connectivity index (χ0n) is 9.11. The van der Waals surface area contributed by atoms with E-state index in [9.17, 15) is 14.4 Å². The van der Waals surface area contributed by atoms with Crippen LogP contribution < -0.4 is 5.32 Å². The Morgan fingerprint density at radius 2 is 1.40 bits per heavy atom. The van der Waals surface area contributed by atoms with Crippen LogP contribution in [0.1, 0.15) is 33.6 Å². The van der Waals surface area contributed by atoms with E-state index in [4.69, 9.17) is 10.2 Å². The van der Waals surface area contributed by atoms with Gasteiger partial charge < -0.3 is 15.5 Å². The van der Waals surface area contributed by atoms with Crippen molar-refractivity contribution in [2.75, 3.05) is 0 Å². The van der Waals surface area contributed by atoms with E-state index in [0.29, 0.717) is 0 Å². The number of rotatable bonds is 4. The van der Waals surface area contributed by atoms with Gasteiger partial charge in [-0.05, 0) is 0 Å². The van der Waals surface area contributed by atoms with Crippen molar-refractivity contribution in [3.63, 3.8) is 0 Å². The van der Waals surface area contributed by atoms with E-state index in [2.05, 4.69) is 13.8 Å². The highest BCUT2D eigenvalue weighted by Crippen LogP contribution is 1.83. The Morgan fingerprint density at radius 3 is 1.47 bits per heavy atom. The second kappa shape index (κ2) is 8.98. The van der Waals surface area contributed by atoms with Gasteiger partial charge in [-0.1, -0.05) is 26.7 Å². The summed E-state index contributed by atoms with van der Waals surface area (Å²) in [4.78, 5) is 30.4. The molecule has 0 saturated carbocycles. The summed E-state index contributed by atoms with van der Waals surface area (Å²) >= 11 is 0. The summed E-state index contributed by atoms with van der Waals surface area (Å²) in [6.07, 6.45) is 2.64. The monoisotopic (exact) mass is 219 g/mol. The van der Waals surface area contributed by atoms with Crippen molar-refractivity contribution in [3.05, 3.63) is 0 Å². The quantitative estimate of drug-likeness (QED) is 0.596. The van der Waals surface area contributed by atoms with Gasteiger partial charge in [0.2, 0.25) is 11.9 Å². The summed E-state index contributed by atoms with van der Waals surface area (Å²) in [6.45, 7) is 5.40. The van der Waals surface area contributed by atoms with Gasteiger partial charge in [0, 0.05) is 6.92 Å². The number of hydrogen-bond acceptors (Lipinski definition) is 3. The van der Waals surface area contributed by atoms with Gasteiger partial charge >= 0.3 is 11.9 Å². The molecule has 0 atom stereocenters. The van der Waals surface area contributed by atoms with Gasteiger partial charge in [0.25, 0.3) is 0 Å². The van der Waals surface area contributed by atoms with E-state index in [-0.39, 0.29) is 0 Å². The normalized spacial score (nSPS) is 8.80. The zero-order valence-corrected chi connectivity index (χ0v) is 9.11. The lowest BCUT2D eigenvalue weighted by atomic mass is 10.3. The molecule has 0 bridgehead atoms. The third-order valence-electron chi connectivity index (χ3n) is 1.34. The minimum atomic E-state index is -1.85. The topological polar surface area (TPSA) is 104 Å². The average Bonchev–Trinajstić information content (AvgIpc) is 2.13. The first-order valence-electron chi connectivity index (χ1n) is 4.59. The second-order valence-corrected chi connectivity index (χ2v) is 2.81. The van der Waals surface area contributed by atoms with Crippen LogP contribution in [-0.2, 0) is 14.4 Å². The molecule has 0 spiro atoms. The number of unbranched alkanes of at least 4 members (excludes halogenated alkanes) is 1. The molecular formula is C9H17NO5. The summed E-state index contributed by atoms with van der Waals surface area (Å²) in [5.41, 5.74) is 0. The van der Waals surface area contributed by atoms with Crippen LogP contribution in [0.4, 0.5) is 0 Å². The van der Waals surface area contributed by atoms with Crippen molar-refractivity contribution >= 4 is 17.8 Å². The molecule has 88 valence electrons. The first-order valence-corrected chi connectivity index (χ1v) is 4.59. The number of carbonyl (C=O) groups is 3. The van der Waals surface area contributed by atoms with E-state index in [1.807, 2.05) is 0 Å². The Morgan fingerprint density at radius 1 is 1.07 bits per heavy atom. The van der Waals surface area contributed by atoms with Crippen molar-refractivity contribution in [2.24, 2.45) is 0 Å². The van der Waals surface area contributed by atoms with Gasteiger partial charge in [-0.3, -0.25) is 4.79 Å². The summed E-state index contributed by atoms with van der Waals surface area (Å²) in [5.74, 6) is -3.87. The predicted octanol–water partition coefficient (Wildman–Crippen LogP) is 0.467. The first kappa shape index (κ1) is 15.9. The molecule has 0 fully saturated rings. The number of hydrogen-bond donors (Lipinski definition) is 3. The molecule has 0 heterocycles. The number of carboxylic acid groups (broad SMARTS) is 2. The maximum Gasteiger partial charge on any atom is 0.338 e. The minimum Gasteiger partial charge on any atom is -0.479 e. The van der Waals surface area contributed by atoms with Crippen LogP contribution in [0.2, 0.25) is 0 Å². The van der Waals surface area contributed by atoms with Crippen molar-refractivity contribution in [1.82, 2.24) is 5.32 Å². The summed E-state index contributed by atoms with van der Waals surface area (Å²) < 4.78 is 0. The lowest BCUT2D eigenvalue weighted by Crippen LogP contribution is -2.45. The Bertz CT molecular complexity index is 211. The summed E-state index contributed by atoms with van der Waals surface area (Å²) in [5, 5.41) is 18.1. The maximum absolute atomic E-state index is 10.2. The molecule has 0 aromatic rings. The second-order valence-electron chi connectivity index (χ2n) is 2.81. The Hall–Kier alpha value is -1.59. The van der Waals surface area contributed by atoms with Crippen molar-refractivity contribution in [3.8, 4) is 0 Å². The number of carboxylic acids is 2. The third kappa shape index (κ3) is 10.3. The number of carbonyl (C=O) groups excluding carboxylic acids is 1. The third-order valence-corrected chi connectivity index (χ3v) is 1.34. The largest absolute Gasteiger partial charge is 0.479 e. The molecule has 0 radical (unpaired) electrons. The Labute approximate surface area is 88.3 Å². The molecule has 0 aromatic carbocycles. The molecule has 0 saturated heterocycles. The van der Waals surface area contributed by atoms with Crippen LogP contribution in [0.3, 0.4) is 0 Å². The van der Waals surface area contributed by atoms with E-state index < -0.39 is 23.9 Å². The fraction of sp³-hybridized carbons (Fsp3) is 0.667. The van der Waals surface area contributed by atoms with E-state index in [1.165, 1.54) is 12.8 Å². The van der Waals surface area contributed by atoms with Crippen LogP contribution in [0.25, 0.3) is 0 Å². The van der Waals surface area contributed by atoms with Crippen LogP contribution in [-0.4, -0.2) is 34.1 Å². The number of amides is 1. The fourth-order valence-electron chi connectivity index (χ4n) is 0.432. The maximum atomic E-state index is 10.2. The van der Waals surface area contributed by atoms with Crippen LogP contribution in [0.15, 0.2) is 0 Å². The van der Waals surface area contributed by atoms with Gasteiger partial charge in [0.15, 0.2) is 0 Å². The highest BCUT2D eigenvalue weighted by atomic mass is 16.4. The van der Waals surface area contributed by atoms with Gasteiger partial charge in [0.1, 0.15) is 0 Å². The number of nitrogens with one attached hydrogen (secondary N) is 1. The molecule has 6 nitrogen and oxygen atoms in total. The molecule has 15 heavy (non-hydrogen) atoms. The molecule has 0 aromatic heterocycles. The lowest BCUT2D eigenvalue weighted by molar-refractivity contribution is -0.152. The standard InChI is InChI=1S/C5H7NO5.C4H10/c1-2(7)6-3(4(8)9)5(10)11;1-3-4-2/h3H,1H3,(H,6,7)(H,8,9)(H,10,11);3-4H2,1-2H3. The first-order chi connectivity index (χ1) is 6.86. The van der Waals surface area contributed by atoms with Gasteiger partial charge in [-0.25, -0.2) is 9.59 Å². The molecule has 0 aliphatic heterocycles. The van der Waals surface area contributed by atoms with Gasteiger partial charge in [0.05, 0.1) is 0 Å². The Balaban J connectivity index is 0. The zero-order chi connectivity index (χ0) is 12.4. The predicted molar refractivity (Wildman–Crippen MR) is 53.5 cm³/mol. The molecule has 6 heteroatoms. The van der Waals surface area contributed by atoms with E-state index in [1.54, 1.807) is 5.32 Å². The van der Waals surface area contributed by atoms with E-state index >= 15 is 0 Å². The number of aliphatic carboxylic acids is 2. The fourth-order valence-corrected chi connectivity index (χ4v) is 0.432. The van der Waals surface area contributed by atoms with Crippen molar-refractivity contribution in [2.45, 2.75) is 39.7 Å². The highest BCUT2D eigenvalue weighted by Gasteiger charge is 2.25. The average molecular weight is 219 g/mol. The smallest absolute Gasteiger partial charge is 0.338 e. The molecule has 0 aliphatic carbocycles. The lowest BCUT2D eigenvalue weighted by Gasteiger charge is -2.06. The van der Waals surface area contributed by atoms with E-state index in [0.717, 1.165) is 6.92 Å². The van der Waals surface area contributed by atoms with Crippen LogP contribution in [0, 0.1) is 0 Å². The van der Waals surface area contributed by atoms with Crippen molar-refractivity contribution < 1.29 is 24.6 Å². The molecule has 3 N–H and O–H groups in total. The van der Waals surface area contributed by atoms with Crippen molar-refractivity contribution in [1.29, 1.82) is 0 Å². The van der Waals surface area contributed by atoms with Gasteiger partial charge in [-0.15, -0.1) is 0 Å². The van der Waals surface area contributed by atoms with Crippen LogP contribution >= 0.6 is 0 Å². The summed E-state index contributed by atoms with van der Waals surface area (Å²) in [6, 6.07) is -1.85. The highest BCUT2D eigenvalue weighted by molar-refractivity contribution is 6.00. The molecule has 0 unspecified atom stereocenters. The molecule has 0 rings (SSSR count).